The van der Waals surface area contributed by atoms with E-state index in [2.05, 4.69) is 71.8 Å². The molecule has 2 rings (SSSR count). The van der Waals surface area contributed by atoms with Crippen LogP contribution in [0.15, 0.2) is 22.7 Å². The third kappa shape index (κ3) is 3.69. The van der Waals surface area contributed by atoms with Crippen molar-refractivity contribution in [1.29, 1.82) is 0 Å². The lowest BCUT2D eigenvalue weighted by atomic mass is 9.98. The van der Waals surface area contributed by atoms with Crippen LogP contribution in [-0.4, -0.2) is 16.5 Å². The van der Waals surface area contributed by atoms with Crippen LogP contribution in [0, 0.1) is 26.7 Å². The van der Waals surface area contributed by atoms with Gasteiger partial charge in [0.1, 0.15) is 0 Å². The van der Waals surface area contributed by atoms with Crippen LogP contribution in [0.1, 0.15) is 29.4 Å². The lowest BCUT2D eigenvalue weighted by molar-refractivity contribution is 0.586. The molecule has 1 aromatic heterocycles. The molecule has 1 atom stereocenters. The Bertz CT molecular complexity index is 629. The van der Waals surface area contributed by atoms with Crippen LogP contribution in [-0.2, 0) is 6.42 Å². The van der Waals surface area contributed by atoms with Crippen LogP contribution in [0.2, 0.25) is 0 Å². The first kappa shape index (κ1) is 16.1. The van der Waals surface area contributed by atoms with Crippen LogP contribution < -0.4 is 5.73 Å². The molecule has 0 saturated carbocycles. The second kappa shape index (κ2) is 6.67. The molecule has 1 aromatic carbocycles. The topological polar surface area (TPSA) is 51.8 Å². The number of nitrogens with two attached hydrogens (primary N) is 1. The zero-order chi connectivity index (χ0) is 15.6. The third-order valence-electron chi connectivity index (χ3n) is 3.81. The predicted octanol–water partition coefficient (Wildman–Crippen LogP) is 3.97. The van der Waals surface area contributed by atoms with Crippen molar-refractivity contribution in [2.75, 3.05) is 6.54 Å². The van der Waals surface area contributed by atoms with Gasteiger partial charge >= 0.3 is 0 Å². The van der Waals surface area contributed by atoms with Crippen molar-refractivity contribution < 1.29 is 0 Å². The van der Waals surface area contributed by atoms with Gasteiger partial charge in [0.15, 0.2) is 5.82 Å². The number of halogens is 1. The summed E-state index contributed by atoms with van der Waals surface area (Å²) in [6, 6.07) is 6.22. The van der Waals surface area contributed by atoms with Crippen LogP contribution >= 0.6 is 15.9 Å². The van der Waals surface area contributed by atoms with E-state index in [1.807, 2.05) is 0 Å². The zero-order valence-corrected chi connectivity index (χ0v) is 14.7. The number of hydrogen-bond donors (Lipinski definition) is 1. The van der Waals surface area contributed by atoms with E-state index in [1.54, 1.807) is 0 Å². The van der Waals surface area contributed by atoms with Gasteiger partial charge in [-0.1, -0.05) is 35.0 Å². The average molecular weight is 348 g/mol. The molecule has 0 spiro atoms. The van der Waals surface area contributed by atoms with Crippen molar-refractivity contribution in [2.45, 2.75) is 34.1 Å². The maximum Gasteiger partial charge on any atom is 0.159 e. The minimum absolute atomic E-state index is 0.449. The summed E-state index contributed by atoms with van der Waals surface area (Å²) in [6.45, 7) is 9.03. The Balaban J connectivity index is 2.41. The van der Waals surface area contributed by atoms with Crippen LogP contribution in [0.3, 0.4) is 0 Å². The Kier molecular flexibility index (Phi) is 5.12. The molecule has 0 saturated heterocycles. The first-order valence-electron chi connectivity index (χ1n) is 7.23. The second-order valence-corrected chi connectivity index (χ2v) is 6.56. The lowest BCUT2D eigenvalue weighted by Crippen LogP contribution is -2.15. The summed E-state index contributed by atoms with van der Waals surface area (Å²) in [5.41, 5.74) is 11.3. The number of benzene rings is 1. The van der Waals surface area contributed by atoms with Gasteiger partial charge in [-0.05, 0) is 56.8 Å². The molecule has 1 unspecified atom stereocenters. The molecule has 0 aliphatic heterocycles. The van der Waals surface area contributed by atoms with Crippen LogP contribution in [0.5, 0.6) is 0 Å². The minimum Gasteiger partial charge on any atom is -0.330 e. The molecule has 1 heterocycles. The highest BCUT2D eigenvalue weighted by Crippen LogP contribution is 2.25. The van der Waals surface area contributed by atoms with E-state index in [4.69, 9.17) is 5.73 Å². The Morgan fingerprint density at radius 2 is 1.76 bits per heavy atom. The van der Waals surface area contributed by atoms with Gasteiger partial charge in [0.2, 0.25) is 0 Å². The van der Waals surface area contributed by atoms with Gasteiger partial charge in [0.25, 0.3) is 0 Å². The molecule has 0 aliphatic rings. The second-order valence-electron chi connectivity index (χ2n) is 5.71. The molecule has 2 aromatic rings. The van der Waals surface area contributed by atoms with Crippen molar-refractivity contribution in [2.24, 2.45) is 11.7 Å². The number of aromatic nitrogens is 2. The summed E-state index contributed by atoms with van der Waals surface area (Å²) < 4.78 is 1.08. The largest absolute Gasteiger partial charge is 0.330 e. The van der Waals surface area contributed by atoms with E-state index in [-0.39, 0.29) is 0 Å². The van der Waals surface area contributed by atoms with E-state index in [0.29, 0.717) is 12.5 Å². The van der Waals surface area contributed by atoms with Gasteiger partial charge in [-0.2, -0.15) is 0 Å². The number of rotatable bonds is 4. The third-order valence-corrected chi connectivity index (χ3v) is 4.66. The molecule has 0 radical (unpaired) electrons. The molecular weight excluding hydrogens is 326 g/mol. The van der Waals surface area contributed by atoms with Crippen LogP contribution in [0.4, 0.5) is 0 Å². The first-order valence-corrected chi connectivity index (χ1v) is 8.02. The summed E-state index contributed by atoms with van der Waals surface area (Å²) in [7, 11) is 0. The fourth-order valence-electron chi connectivity index (χ4n) is 2.33. The van der Waals surface area contributed by atoms with E-state index < -0.39 is 0 Å². The SMILES string of the molecule is Cc1ccc(-c2nc(C)c(CC(C)CN)c(C)n2)cc1Br. The molecular formula is C17H22BrN3. The Morgan fingerprint density at radius 3 is 2.29 bits per heavy atom. The highest BCUT2D eigenvalue weighted by Gasteiger charge is 2.13. The molecule has 0 amide bonds. The maximum absolute atomic E-state index is 5.73. The van der Waals surface area contributed by atoms with Crippen molar-refractivity contribution in [3.05, 3.63) is 45.2 Å². The Labute approximate surface area is 135 Å². The first-order chi connectivity index (χ1) is 9.92. The molecule has 4 heteroatoms. The van der Waals surface area contributed by atoms with E-state index in [1.165, 1.54) is 11.1 Å². The Hall–Kier alpha value is -1.26. The smallest absolute Gasteiger partial charge is 0.159 e. The van der Waals surface area contributed by atoms with Crippen LogP contribution in [0.25, 0.3) is 11.4 Å². The summed E-state index contributed by atoms with van der Waals surface area (Å²) >= 11 is 3.57. The molecule has 2 N–H and O–H groups in total. The van der Waals surface area contributed by atoms with Crippen molar-refractivity contribution in [1.82, 2.24) is 9.97 Å². The molecule has 0 bridgehead atoms. The maximum atomic E-state index is 5.73. The zero-order valence-electron chi connectivity index (χ0n) is 13.1. The Morgan fingerprint density at radius 1 is 1.14 bits per heavy atom. The standard InChI is InChI=1S/C17H22BrN3/c1-10(9-19)7-15-12(3)20-17(21-13(15)4)14-6-5-11(2)16(18)8-14/h5-6,8,10H,7,9,19H2,1-4H3. The molecule has 3 nitrogen and oxygen atoms in total. The number of nitrogens with zero attached hydrogens (tertiary/aromatic N) is 2. The number of hydrogen-bond acceptors (Lipinski definition) is 3. The minimum atomic E-state index is 0.449. The van der Waals surface area contributed by atoms with Gasteiger partial charge in [-0.25, -0.2) is 9.97 Å². The highest BCUT2D eigenvalue weighted by molar-refractivity contribution is 9.10. The average Bonchev–Trinajstić information content (AvgIpc) is 2.45. The molecule has 0 fully saturated rings. The van der Waals surface area contributed by atoms with Crippen molar-refractivity contribution >= 4 is 15.9 Å². The van der Waals surface area contributed by atoms with E-state index in [9.17, 15) is 0 Å². The summed E-state index contributed by atoms with van der Waals surface area (Å²) in [5, 5.41) is 0. The fraction of sp³-hybridized carbons (Fsp3) is 0.412. The summed E-state index contributed by atoms with van der Waals surface area (Å²) in [5.74, 6) is 1.24. The highest BCUT2D eigenvalue weighted by atomic mass is 79.9. The predicted molar refractivity (Wildman–Crippen MR) is 91.3 cm³/mol. The van der Waals surface area contributed by atoms with Gasteiger partial charge in [-0.15, -0.1) is 0 Å². The van der Waals surface area contributed by atoms with Gasteiger partial charge in [0, 0.05) is 21.4 Å². The van der Waals surface area contributed by atoms with Gasteiger partial charge < -0.3 is 5.73 Å². The van der Waals surface area contributed by atoms with Gasteiger partial charge in [-0.3, -0.25) is 0 Å². The molecule has 112 valence electrons. The van der Waals surface area contributed by atoms with Gasteiger partial charge in [0.05, 0.1) is 0 Å². The summed E-state index contributed by atoms with van der Waals surface area (Å²) in [6.07, 6.45) is 0.937. The van der Waals surface area contributed by atoms with Crippen molar-refractivity contribution in [3.8, 4) is 11.4 Å². The molecule has 21 heavy (non-hydrogen) atoms. The quantitative estimate of drug-likeness (QED) is 0.910. The monoisotopic (exact) mass is 347 g/mol. The summed E-state index contributed by atoms with van der Waals surface area (Å²) in [4.78, 5) is 9.38. The van der Waals surface area contributed by atoms with E-state index >= 15 is 0 Å². The lowest BCUT2D eigenvalue weighted by Gasteiger charge is -2.14. The van der Waals surface area contributed by atoms with Crippen molar-refractivity contribution in [3.63, 3.8) is 0 Å². The fourth-order valence-corrected chi connectivity index (χ4v) is 2.71. The molecule has 0 aliphatic carbocycles. The normalized spacial score (nSPS) is 12.5. The van der Waals surface area contributed by atoms with E-state index in [0.717, 1.165) is 33.7 Å². The number of aryl methyl sites for hydroxylation is 3.